The Kier molecular flexibility index (Phi) is 5.99. The monoisotopic (exact) mass is 475 g/mol. The van der Waals surface area contributed by atoms with Crippen molar-refractivity contribution in [2.45, 2.75) is 13.0 Å². The number of aliphatic hydroxyl groups is 1. The first-order valence-electron chi connectivity index (χ1n) is 9.55. The second kappa shape index (κ2) is 8.72. The van der Waals surface area contributed by atoms with Crippen molar-refractivity contribution in [1.29, 1.82) is 0 Å². The van der Waals surface area contributed by atoms with Crippen molar-refractivity contribution < 1.29 is 28.2 Å². The van der Waals surface area contributed by atoms with Crippen LogP contribution >= 0.6 is 22.9 Å². The Labute approximate surface area is 191 Å². The molecule has 0 saturated carbocycles. The Balaban J connectivity index is 1.96. The lowest BCUT2D eigenvalue weighted by Gasteiger charge is -2.24. The van der Waals surface area contributed by atoms with Gasteiger partial charge in [-0.3, -0.25) is 14.5 Å². The SMILES string of the molecule is CCOc1ccc(Cl)c(/C(O)=C2/C(=O)C(=O)N(c3cc(F)ccc3F)C2c2cccs2)c1. The maximum Gasteiger partial charge on any atom is 0.300 e. The van der Waals surface area contributed by atoms with E-state index in [9.17, 15) is 23.5 Å². The summed E-state index contributed by atoms with van der Waals surface area (Å²) in [6, 6.07) is 9.31. The van der Waals surface area contributed by atoms with E-state index >= 15 is 0 Å². The highest BCUT2D eigenvalue weighted by Gasteiger charge is 2.48. The second-order valence-electron chi connectivity index (χ2n) is 6.85. The van der Waals surface area contributed by atoms with Crippen LogP contribution < -0.4 is 9.64 Å². The van der Waals surface area contributed by atoms with Gasteiger partial charge < -0.3 is 9.84 Å². The minimum absolute atomic E-state index is 0.0805. The van der Waals surface area contributed by atoms with Crippen LogP contribution in [0.2, 0.25) is 5.02 Å². The highest BCUT2D eigenvalue weighted by Crippen LogP contribution is 2.45. The van der Waals surface area contributed by atoms with Gasteiger partial charge in [-0.15, -0.1) is 11.3 Å². The maximum absolute atomic E-state index is 14.6. The third kappa shape index (κ3) is 3.76. The normalized spacial score (nSPS) is 17.8. The number of ketones is 1. The molecule has 9 heteroatoms. The number of benzene rings is 2. The van der Waals surface area contributed by atoms with E-state index in [0.717, 1.165) is 23.1 Å². The van der Waals surface area contributed by atoms with Crippen LogP contribution in [0, 0.1) is 11.6 Å². The van der Waals surface area contributed by atoms with Crippen molar-refractivity contribution in [2.24, 2.45) is 0 Å². The van der Waals surface area contributed by atoms with Crippen LogP contribution in [0.3, 0.4) is 0 Å². The average Bonchev–Trinajstić information content (AvgIpc) is 3.38. The number of ether oxygens (including phenoxy) is 1. The zero-order chi connectivity index (χ0) is 23.0. The minimum atomic E-state index is -1.17. The van der Waals surface area contributed by atoms with Crippen molar-refractivity contribution in [3.05, 3.63) is 86.6 Å². The van der Waals surface area contributed by atoms with E-state index < -0.39 is 40.8 Å². The highest BCUT2D eigenvalue weighted by molar-refractivity contribution is 7.10. The van der Waals surface area contributed by atoms with Crippen molar-refractivity contribution >= 4 is 46.1 Å². The topological polar surface area (TPSA) is 66.8 Å². The molecule has 1 saturated heterocycles. The summed E-state index contributed by atoms with van der Waals surface area (Å²) in [5.74, 6) is -3.93. The lowest BCUT2D eigenvalue weighted by Crippen LogP contribution is -2.30. The molecule has 164 valence electrons. The van der Waals surface area contributed by atoms with Gasteiger partial charge in [0.1, 0.15) is 29.2 Å². The molecule has 1 aromatic heterocycles. The van der Waals surface area contributed by atoms with Gasteiger partial charge in [0.15, 0.2) is 0 Å². The Hall–Kier alpha value is -3.23. The van der Waals surface area contributed by atoms with Gasteiger partial charge in [0, 0.05) is 16.5 Å². The summed E-state index contributed by atoms with van der Waals surface area (Å²) in [4.78, 5) is 27.3. The number of aliphatic hydroxyl groups excluding tert-OH is 1. The van der Waals surface area contributed by atoms with E-state index in [1.54, 1.807) is 30.5 Å². The van der Waals surface area contributed by atoms with E-state index in [1.807, 2.05) is 0 Å². The Morgan fingerprint density at radius 3 is 2.66 bits per heavy atom. The van der Waals surface area contributed by atoms with Crippen molar-refractivity contribution in [3.63, 3.8) is 0 Å². The molecule has 1 unspecified atom stereocenters. The zero-order valence-corrected chi connectivity index (χ0v) is 18.2. The molecule has 0 bridgehead atoms. The van der Waals surface area contributed by atoms with Crippen molar-refractivity contribution in [3.8, 4) is 5.75 Å². The second-order valence-corrected chi connectivity index (χ2v) is 8.24. The van der Waals surface area contributed by atoms with E-state index in [1.165, 1.54) is 23.5 Å². The molecule has 0 aliphatic carbocycles. The van der Waals surface area contributed by atoms with Gasteiger partial charge in [-0.1, -0.05) is 17.7 Å². The van der Waals surface area contributed by atoms with Crippen LogP contribution in [0.15, 0.2) is 59.5 Å². The number of rotatable bonds is 5. The number of nitrogens with zero attached hydrogens (tertiary/aromatic N) is 1. The Bertz CT molecular complexity index is 1240. The zero-order valence-electron chi connectivity index (χ0n) is 16.6. The molecule has 5 nitrogen and oxygen atoms in total. The molecule has 4 rings (SSSR count). The summed E-state index contributed by atoms with van der Waals surface area (Å²) < 4.78 is 33.9. The van der Waals surface area contributed by atoms with Crippen LogP contribution in [0.25, 0.3) is 5.76 Å². The molecule has 2 aromatic carbocycles. The van der Waals surface area contributed by atoms with Crippen LogP contribution in [0.1, 0.15) is 23.4 Å². The highest BCUT2D eigenvalue weighted by atomic mass is 35.5. The van der Waals surface area contributed by atoms with Crippen LogP contribution in [-0.2, 0) is 9.59 Å². The molecule has 1 amide bonds. The van der Waals surface area contributed by atoms with Crippen LogP contribution in [0.4, 0.5) is 14.5 Å². The fraction of sp³-hybridized carbons (Fsp3) is 0.130. The van der Waals surface area contributed by atoms with E-state index in [-0.39, 0.29) is 16.2 Å². The summed E-state index contributed by atoms with van der Waals surface area (Å²) in [5, 5.41) is 12.9. The smallest absolute Gasteiger partial charge is 0.300 e. The van der Waals surface area contributed by atoms with E-state index in [0.29, 0.717) is 17.2 Å². The molecule has 1 atom stereocenters. The van der Waals surface area contributed by atoms with E-state index in [2.05, 4.69) is 0 Å². The number of hydrogen-bond donors (Lipinski definition) is 1. The number of thiophene rings is 1. The predicted octanol–water partition coefficient (Wildman–Crippen LogP) is 5.70. The lowest BCUT2D eigenvalue weighted by atomic mass is 9.99. The van der Waals surface area contributed by atoms with Gasteiger partial charge in [0.2, 0.25) is 0 Å². The number of hydrogen-bond acceptors (Lipinski definition) is 5. The number of halogens is 3. The van der Waals surface area contributed by atoms with Gasteiger partial charge in [0.25, 0.3) is 11.7 Å². The standard InChI is InChI=1S/C23H16ClF2NO4S/c1-2-31-13-6-7-15(24)14(11-13)21(28)19-20(18-4-3-9-32-18)27(23(30)22(19)29)17-10-12(25)5-8-16(17)26/h3-11,20,28H,2H2,1H3/b21-19-. The molecule has 32 heavy (non-hydrogen) atoms. The van der Waals surface area contributed by atoms with Crippen molar-refractivity contribution in [2.75, 3.05) is 11.5 Å². The first kappa shape index (κ1) is 22.0. The summed E-state index contributed by atoms with van der Waals surface area (Å²) in [7, 11) is 0. The quantitative estimate of drug-likeness (QED) is 0.292. The number of carbonyl (C=O) groups excluding carboxylic acids is 2. The fourth-order valence-corrected chi connectivity index (χ4v) is 4.59. The largest absolute Gasteiger partial charge is 0.507 e. The Morgan fingerprint density at radius 1 is 1.19 bits per heavy atom. The predicted molar refractivity (Wildman–Crippen MR) is 118 cm³/mol. The molecule has 1 N–H and O–H groups in total. The third-order valence-corrected chi connectivity index (χ3v) is 6.18. The molecule has 1 fully saturated rings. The van der Waals surface area contributed by atoms with E-state index in [4.69, 9.17) is 16.3 Å². The summed E-state index contributed by atoms with van der Waals surface area (Å²) in [6.45, 7) is 2.14. The number of amides is 1. The number of anilines is 1. The van der Waals surface area contributed by atoms with Gasteiger partial charge in [-0.2, -0.15) is 0 Å². The number of carbonyl (C=O) groups is 2. The summed E-state index contributed by atoms with van der Waals surface area (Å²) in [5.41, 5.74) is -0.604. The minimum Gasteiger partial charge on any atom is -0.507 e. The summed E-state index contributed by atoms with van der Waals surface area (Å²) in [6.07, 6.45) is 0. The van der Waals surface area contributed by atoms with Crippen LogP contribution in [0.5, 0.6) is 5.75 Å². The molecule has 3 aromatic rings. The molecule has 2 heterocycles. The van der Waals surface area contributed by atoms with Crippen LogP contribution in [-0.4, -0.2) is 23.4 Å². The Morgan fingerprint density at radius 2 is 1.97 bits per heavy atom. The summed E-state index contributed by atoms with van der Waals surface area (Å²) >= 11 is 7.46. The maximum atomic E-state index is 14.6. The first-order chi connectivity index (χ1) is 15.3. The van der Waals surface area contributed by atoms with Gasteiger partial charge >= 0.3 is 0 Å². The molecule has 0 spiro atoms. The molecular weight excluding hydrogens is 460 g/mol. The molecule has 0 radical (unpaired) electrons. The first-order valence-corrected chi connectivity index (χ1v) is 10.8. The molecule has 1 aliphatic rings. The molecular formula is C23H16ClF2NO4S. The van der Waals surface area contributed by atoms with Gasteiger partial charge in [-0.05, 0) is 48.7 Å². The van der Waals surface area contributed by atoms with Crippen molar-refractivity contribution in [1.82, 2.24) is 0 Å². The molecule has 1 aliphatic heterocycles. The lowest BCUT2D eigenvalue weighted by molar-refractivity contribution is -0.132. The van der Waals surface area contributed by atoms with Gasteiger partial charge in [0.05, 0.1) is 22.9 Å². The third-order valence-electron chi connectivity index (χ3n) is 4.93. The number of Topliss-reactive ketones (excluding diaryl/α,β-unsaturated/α-hetero) is 1. The van der Waals surface area contributed by atoms with Gasteiger partial charge in [-0.25, -0.2) is 8.78 Å². The average molecular weight is 476 g/mol. The fourth-order valence-electron chi connectivity index (χ4n) is 3.55.